The van der Waals surface area contributed by atoms with Crippen LogP contribution in [0.1, 0.15) is 28.5 Å². The molecule has 1 fully saturated rings. The Hall–Kier alpha value is -2.40. The van der Waals surface area contributed by atoms with Gasteiger partial charge in [0.05, 0.1) is 13.2 Å². The molecule has 2 aliphatic rings. The van der Waals surface area contributed by atoms with Gasteiger partial charge in [-0.15, -0.1) is 0 Å². The minimum Gasteiger partial charge on any atom is -0.378 e. The predicted molar refractivity (Wildman–Crippen MR) is 96.8 cm³/mol. The summed E-state index contributed by atoms with van der Waals surface area (Å²) in [7, 11) is 0. The van der Waals surface area contributed by atoms with Crippen LogP contribution in [0.15, 0.2) is 42.6 Å². The van der Waals surface area contributed by atoms with Crippen molar-refractivity contribution in [2.45, 2.75) is 25.9 Å². The standard InChI is InChI=1S/C20H23N3O2/c1-15-12-16-4-2-3-5-17(16)14-23(15)20(24)19-13-18(6-7-21-19)22-8-10-25-11-9-22/h2-7,13,15H,8-12,14H2,1H3/t15-/m1/s1. The highest BCUT2D eigenvalue weighted by Gasteiger charge is 2.28. The molecule has 0 unspecified atom stereocenters. The van der Waals surface area contributed by atoms with Gasteiger partial charge in [0.1, 0.15) is 5.69 Å². The van der Waals surface area contributed by atoms with E-state index >= 15 is 0 Å². The fourth-order valence-electron chi connectivity index (χ4n) is 3.65. The van der Waals surface area contributed by atoms with E-state index < -0.39 is 0 Å². The lowest BCUT2D eigenvalue weighted by Crippen LogP contribution is -2.43. The van der Waals surface area contributed by atoms with Gasteiger partial charge < -0.3 is 14.5 Å². The predicted octanol–water partition coefficient (Wildman–Crippen LogP) is 2.51. The van der Waals surface area contributed by atoms with Crippen molar-refractivity contribution in [2.24, 2.45) is 0 Å². The number of hydrogen-bond donors (Lipinski definition) is 0. The first-order chi connectivity index (χ1) is 12.2. The summed E-state index contributed by atoms with van der Waals surface area (Å²) in [6.07, 6.45) is 2.63. The number of hydrogen-bond acceptors (Lipinski definition) is 4. The Morgan fingerprint density at radius 1 is 1.16 bits per heavy atom. The molecule has 0 aliphatic carbocycles. The van der Waals surface area contributed by atoms with Crippen LogP contribution in [0.25, 0.3) is 0 Å². The third-order valence-electron chi connectivity index (χ3n) is 5.11. The molecule has 5 nitrogen and oxygen atoms in total. The van der Waals surface area contributed by atoms with Gasteiger partial charge in [0.15, 0.2) is 0 Å². The van der Waals surface area contributed by atoms with Crippen molar-refractivity contribution in [3.63, 3.8) is 0 Å². The lowest BCUT2D eigenvalue weighted by Gasteiger charge is -2.35. The molecular weight excluding hydrogens is 314 g/mol. The molecule has 1 amide bonds. The number of benzene rings is 1. The maximum atomic E-state index is 13.1. The van der Waals surface area contributed by atoms with Crippen molar-refractivity contribution in [1.29, 1.82) is 0 Å². The number of pyridine rings is 1. The number of anilines is 1. The second-order valence-corrected chi connectivity index (χ2v) is 6.75. The summed E-state index contributed by atoms with van der Waals surface area (Å²) in [5.41, 5.74) is 4.15. The minimum absolute atomic E-state index is 0.0112. The number of aromatic nitrogens is 1. The second kappa shape index (κ2) is 6.84. The number of amides is 1. The first-order valence-corrected chi connectivity index (χ1v) is 8.89. The van der Waals surface area contributed by atoms with Crippen LogP contribution in [0.4, 0.5) is 5.69 Å². The molecule has 1 aromatic carbocycles. The monoisotopic (exact) mass is 337 g/mol. The molecule has 2 aliphatic heterocycles. The van der Waals surface area contributed by atoms with Crippen LogP contribution >= 0.6 is 0 Å². The second-order valence-electron chi connectivity index (χ2n) is 6.75. The summed E-state index contributed by atoms with van der Waals surface area (Å²) in [6.45, 7) is 5.92. The van der Waals surface area contributed by atoms with Crippen molar-refractivity contribution in [3.05, 3.63) is 59.4 Å². The summed E-state index contributed by atoms with van der Waals surface area (Å²) < 4.78 is 5.41. The average Bonchev–Trinajstić information content (AvgIpc) is 2.68. The minimum atomic E-state index is 0.0112. The van der Waals surface area contributed by atoms with E-state index in [4.69, 9.17) is 4.74 Å². The Morgan fingerprint density at radius 3 is 2.72 bits per heavy atom. The van der Waals surface area contributed by atoms with Gasteiger partial charge in [0.2, 0.25) is 0 Å². The molecular formula is C20H23N3O2. The number of fused-ring (bicyclic) bond motifs is 1. The first kappa shape index (κ1) is 16.1. The van der Waals surface area contributed by atoms with E-state index in [1.165, 1.54) is 11.1 Å². The molecule has 25 heavy (non-hydrogen) atoms. The Labute approximate surface area is 148 Å². The van der Waals surface area contributed by atoms with Crippen molar-refractivity contribution in [3.8, 4) is 0 Å². The summed E-state index contributed by atoms with van der Waals surface area (Å²) in [6, 6.07) is 12.4. The van der Waals surface area contributed by atoms with E-state index in [9.17, 15) is 4.79 Å². The molecule has 1 aromatic heterocycles. The zero-order valence-electron chi connectivity index (χ0n) is 14.5. The molecule has 4 rings (SSSR count). The molecule has 0 spiro atoms. The van der Waals surface area contributed by atoms with Crippen LogP contribution < -0.4 is 4.90 Å². The van der Waals surface area contributed by atoms with Gasteiger partial charge in [0, 0.05) is 37.6 Å². The van der Waals surface area contributed by atoms with E-state index in [1.807, 2.05) is 23.1 Å². The highest BCUT2D eigenvalue weighted by atomic mass is 16.5. The smallest absolute Gasteiger partial charge is 0.273 e. The van der Waals surface area contributed by atoms with Gasteiger partial charge >= 0.3 is 0 Å². The van der Waals surface area contributed by atoms with Gasteiger partial charge in [-0.25, -0.2) is 0 Å². The van der Waals surface area contributed by atoms with Crippen LogP contribution in [-0.4, -0.2) is 48.1 Å². The molecule has 0 bridgehead atoms. The third-order valence-corrected chi connectivity index (χ3v) is 5.11. The third kappa shape index (κ3) is 3.24. The Balaban J connectivity index is 1.56. The zero-order chi connectivity index (χ0) is 17.2. The maximum absolute atomic E-state index is 13.1. The van der Waals surface area contributed by atoms with Crippen LogP contribution in [-0.2, 0) is 17.7 Å². The van der Waals surface area contributed by atoms with Gasteiger partial charge in [-0.2, -0.15) is 0 Å². The lowest BCUT2D eigenvalue weighted by atomic mass is 9.94. The van der Waals surface area contributed by atoms with E-state index in [0.717, 1.165) is 38.4 Å². The molecule has 2 aromatic rings. The van der Waals surface area contributed by atoms with Gasteiger partial charge in [0.25, 0.3) is 5.91 Å². The van der Waals surface area contributed by atoms with Crippen LogP contribution in [0.2, 0.25) is 0 Å². The van der Waals surface area contributed by atoms with Gasteiger partial charge in [-0.3, -0.25) is 9.78 Å². The highest BCUT2D eigenvalue weighted by Crippen LogP contribution is 2.25. The fraction of sp³-hybridized carbons (Fsp3) is 0.400. The quantitative estimate of drug-likeness (QED) is 0.845. The Kier molecular flexibility index (Phi) is 4.40. The molecule has 130 valence electrons. The lowest BCUT2D eigenvalue weighted by molar-refractivity contribution is 0.0652. The number of nitrogens with zero attached hydrogens (tertiary/aromatic N) is 3. The molecule has 5 heteroatoms. The SMILES string of the molecule is C[C@@H]1Cc2ccccc2CN1C(=O)c1cc(N2CCOCC2)ccn1. The average molecular weight is 337 g/mol. The first-order valence-electron chi connectivity index (χ1n) is 8.89. The normalized spacial score (nSPS) is 20.3. The Morgan fingerprint density at radius 2 is 1.92 bits per heavy atom. The molecule has 3 heterocycles. The number of ether oxygens (including phenoxy) is 1. The summed E-state index contributed by atoms with van der Waals surface area (Å²) in [5.74, 6) is 0.0112. The highest BCUT2D eigenvalue weighted by molar-refractivity contribution is 5.93. The molecule has 0 saturated carbocycles. The number of morpholine rings is 1. The van der Waals surface area contributed by atoms with E-state index in [0.29, 0.717) is 12.2 Å². The van der Waals surface area contributed by atoms with E-state index in [2.05, 4.69) is 35.0 Å². The Bertz CT molecular complexity index is 771. The molecule has 0 N–H and O–H groups in total. The molecule has 1 saturated heterocycles. The number of carbonyl (C=O) groups excluding carboxylic acids is 1. The molecule has 1 atom stereocenters. The fourth-order valence-corrected chi connectivity index (χ4v) is 3.65. The number of rotatable bonds is 2. The van der Waals surface area contributed by atoms with Gasteiger partial charge in [-0.05, 0) is 36.6 Å². The largest absolute Gasteiger partial charge is 0.378 e. The maximum Gasteiger partial charge on any atom is 0.273 e. The van der Waals surface area contributed by atoms with Crippen LogP contribution in [0.3, 0.4) is 0 Å². The topological polar surface area (TPSA) is 45.7 Å². The summed E-state index contributed by atoms with van der Waals surface area (Å²) in [4.78, 5) is 21.6. The molecule has 0 radical (unpaired) electrons. The summed E-state index contributed by atoms with van der Waals surface area (Å²) >= 11 is 0. The van der Waals surface area contributed by atoms with E-state index in [-0.39, 0.29) is 11.9 Å². The van der Waals surface area contributed by atoms with Crippen molar-refractivity contribution >= 4 is 11.6 Å². The zero-order valence-corrected chi connectivity index (χ0v) is 14.5. The number of carbonyl (C=O) groups is 1. The van der Waals surface area contributed by atoms with Gasteiger partial charge in [-0.1, -0.05) is 24.3 Å². The van der Waals surface area contributed by atoms with Crippen LogP contribution in [0, 0.1) is 0 Å². The van der Waals surface area contributed by atoms with Crippen molar-refractivity contribution in [2.75, 3.05) is 31.2 Å². The van der Waals surface area contributed by atoms with Crippen molar-refractivity contribution in [1.82, 2.24) is 9.88 Å². The van der Waals surface area contributed by atoms with Crippen LogP contribution in [0.5, 0.6) is 0 Å². The summed E-state index contributed by atoms with van der Waals surface area (Å²) in [5, 5.41) is 0. The van der Waals surface area contributed by atoms with Crippen molar-refractivity contribution < 1.29 is 9.53 Å². The van der Waals surface area contributed by atoms with E-state index in [1.54, 1.807) is 6.20 Å².